The molecule has 0 radical (unpaired) electrons. The van der Waals surface area contributed by atoms with Crippen LogP contribution in [0.2, 0.25) is 5.02 Å². The first-order valence-corrected chi connectivity index (χ1v) is 9.63. The number of nitriles is 1. The van der Waals surface area contributed by atoms with Gasteiger partial charge in [-0.25, -0.2) is 8.42 Å². The standard InChI is InChI=1S/C16H17ClN2O3S/c1-8-13(3-2-9(6-18)15(8)17)19-7-12-11-4-10(5-14(11)20)16(12)23(19,21)22/h2-3,10-12,14,16,20H,4-5,7H2,1H3/t10-,11-,12-,14+,16+/m0/s1. The topological polar surface area (TPSA) is 81.4 Å². The molecule has 2 bridgehead atoms. The molecule has 1 saturated heterocycles. The van der Waals surface area contributed by atoms with Crippen molar-refractivity contribution in [2.45, 2.75) is 31.1 Å². The average Bonchev–Trinajstić information content (AvgIpc) is 3.12. The maximum atomic E-state index is 13.0. The fourth-order valence-corrected chi connectivity index (χ4v) is 7.61. The Kier molecular flexibility index (Phi) is 3.22. The summed E-state index contributed by atoms with van der Waals surface area (Å²) in [6.07, 6.45) is 1.03. The number of fused-ring (bicyclic) bond motifs is 5. The van der Waals surface area contributed by atoms with E-state index in [0.717, 1.165) is 6.42 Å². The molecule has 0 amide bonds. The Balaban J connectivity index is 1.78. The molecule has 0 aromatic heterocycles. The van der Waals surface area contributed by atoms with Crippen molar-refractivity contribution in [3.05, 3.63) is 28.3 Å². The second-order valence-electron chi connectivity index (χ2n) is 6.85. The summed E-state index contributed by atoms with van der Waals surface area (Å²) in [4.78, 5) is 0. The molecule has 1 aliphatic heterocycles. The first-order valence-electron chi connectivity index (χ1n) is 7.75. The lowest BCUT2D eigenvalue weighted by Crippen LogP contribution is -2.36. The van der Waals surface area contributed by atoms with E-state index in [4.69, 9.17) is 16.9 Å². The zero-order valence-electron chi connectivity index (χ0n) is 12.6. The minimum Gasteiger partial charge on any atom is -0.393 e. The highest BCUT2D eigenvalue weighted by atomic mass is 35.5. The van der Waals surface area contributed by atoms with E-state index < -0.39 is 10.0 Å². The van der Waals surface area contributed by atoms with Crippen molar-refractivity contribution in [2.75, 3.05) is 10.8 Å². The molecule has 1 aromatic rings. The van der Waals surface area contributed by atoms with E-state index in [2.05, 4.69) is 0 Å². The molecule has 0 unspecified atom stereocenters. The number of aliphatic hydroxyl groups excluding tert-OH is 1. The maximum Gasteiger partial charge on any atom is 0.238 e. The molecule has 23 heavy (non-hydrogen) atoms. The Morgan fingerprint density at radius 2 is 2.09 bits per heavy atom. The van der Waals surface area contributed by atoms with Crippen molar-refractivity contribution in [3.8, 4) is 6.07 Å². The minimum absolute atomic E-state index is 0.0115. The molecular formula is C16H17ClN2O3S. The van der Waals surface area contributed by atoms with Crippen LogP contribution in [0.1, 0.15) is 24.0 Å². The fraction of sp³-hybridized carbons (Fsp3) is 0.562. The smallest absolute Gasteiger partial charge is 0.238 e. The summed E-state index contributed by atoms with van der Waals surface area (Å²) in [5, 5.41) is 19.1. The second kappa shape index (κ2) is 4.85. The van der Waals surface area contributed by atoms with E-state index in [-0.39, 0.29) is 29.1 Å². The molecule has 3 fully saturated rings. The van der Waals surface area contributed by atoms with Crippen molar-refractivity contribution >= 4 is 27.3 Å². The van der Waals surface area contributed by atoms with Crippen LogP contribution >= 0.6 is 11.6 Å². The van der Waals surface area contributed by atoms with Gasteiger partial charge in [-0.05, 0) is 49.3 Å². The molecule has 122 valence electrons. The number of anilines is 1. The molecular weight excluding hydrogens is 336 g/mol. The molecule has 0 spiro atoms. The van der Waals surface area contributed by atoms with Gasteiger partial charge in [-0.15, -0.1) is 0 Å². The lowest BCUT2D eigenvalue weighted by Gasteiger charge is -2.25. The predicted octanol–water partition coefficient (Wildman–Crippen LogP) is 2.06. The monoisotopic (exact) mass is 352 g/mol. The normalized spacial score (nSPS) is 37.0. The van der Waals surface area contributed by atoms with Crippen LogP contribution in [0.5, 0.6) is 0 Å². The quantitative estimate of drug-likeness (QED) is 0.838. The van der Waals surface area contributed by atoms with Crippen molar-refractivity contribution < 1.29 is 13.5 Å². The van der Waals surface area contributed by atoms with Gasteiger partial charge in [0.1, 0.15) is 6.07 Å². The van der Waals surface area contributed by atoms with Gasteiger partial charge in [0.25, 0.3) is 0 Å². The maximum absolute atomic E-state index is 13.0. The van der Waals surface area contributed by atoms with Gasteiger partial charge in [-0.2, -0.15) is 5.26 Å². The van der Waals surface area contributed by atoms with Crippen molar-refractivity contribution in [2.24, 2.45) is 17.8 Å². The Hall–Kier alpha value is -1.29. The number of nitrogens with zero attached hydrogens (tertiary/aromatic N) is 2. The van der Waals surface area contributed by atoms with Gasteiger partial charge in [0, 0.05) is 12.5 Å². The second-order valence-corrected chi connectivity index (χ2v) is 9.24. The third-order valence-electron chi connectivity index (χ3n) is 5.82. The Morgan fingerprint density at radius 1 is 1.35 bits per heavy atom. The van der Waals surface area contributed by atoms with Gasteiger partial charge in [-0.1, -0.05) is 11.6 Å². The lowest BCUT2D eigenvalue weighted by atomic mass is 9.86. The SMILES string of the molecule is Cc1c(N2C[C@H]3[C@@H]4C[C@@H](C[C@H]4O)[C@H]3S2(=O)=O)ccc(C#N)c1Cl. The summed E-state index contributed by atoms with van der Waals surface area (Å²) in [6.45, 7) is 2.14. The van der Waals surface area contributed by atoms with E-state index >= 15 is 0 Å². The average molecular weight is 353 g/mol. The highest BCUT2D eigenvalue weighted by Gasteiger charge is 2.62. The molecule has 1 aromatic carbocycles. The first kappa shape index (κ1) is 15.3. The van der Waals surface area contributed by atoms with Crippen LogP contribution in [-0.4, -0.2) is 31.4 Å². The Morgan fingerprint density at radius 3 is 2.78 bits per heavy atom. The van der Waals surface area contributed by atoms with Crippen molar-refractivity contribution in [1.29, 1.82) is 5.26 Å². The van der Waals surface area contributed by atoms with E-state index in [9.17, 15) is 13.5 Å². The summed E-state index contributed by atoms with van der Waals surface area (Å²) in [7, 11) is -3.45. The van der Waals surface area contributed by atoms with Gasteiger partial charge in [0.2, 0.25) is 10.0 Å². The van der Waals surface area contributed by atoms with Crippen LogP contribution in [0, 0.1) is 36.0 Å². The molecule has 2 saturated carbocycles. The summed E-state index contributed by atoms with van der Waals surface area (Å²) in [5.74, 6) is 0.130. The highest BCUT2D eigenvalue weighted by Crippen LogP contribution is 2.56. The fourth-order valence-electron chi connectivity index (χ4n) is 4.82. The van der Waals surface area contributed by atoms with Gasteiger partial charge in [0.15, 0.2) is 0 Å². The van der Waals surface area contributed by atoms with Crippen molar-refractivity contribution in [1.82, 2.24) is 0 Å². The van der Waals surface area contributed by atoms with Crippen LogP contribution in [0.25, 0.3) is 0 Å². The summed E-state index contributed by atoms with van der Waals surface area (Å²) < 4.78 is 27.5. The van der Waals surface area contributed by atoms with E-state index in [0.29, 0.717) is 34.8 Å². The largest absolute Gasteiger partial charge is 0.393 e. The number of hydrogen-bond acceptors (Lipinski definition) is 4. The molecule has 4 rings (SSSR count). The zero-order valence-corrected chi connectivity index (χ0v) is 14.2. The number of rotatable bonds is 1. The van der Waals surface area contributed by atoms with Crippen LogP contribution in [-0.2, 0) is 10.0 Å². The summed E-state index contributed by atoms with van der Waals surface area (Å²) in [6, 6.07) is 5.24. The zero-order chi connectivity index (χ0) is 16.5. The van der Waals surface area contributed by atoms with Gasteiger partial charge in [-0.3, -0.25) is 4.31 Å². The summed E-state index contributed by atoms with van der Waals surface area (Å²) in [5.41, 5.74) is 1.51. The van der Waals surface area contributed by atoms with Crippen LogP contribution in [0.15, 0.2) is 12.1 Å². The van der Waals surface area contributed by atoms with Crippen LogP contribution in [0.4, 0.5) is 5.69 Å². The highest BCUT2D eigenvalue weighted by molar-refractivity contribution is 7.93. The molecule has 7 heteroatoms. The predicted molar refractivity (Wildman–Crippen MR) is 86.7 cm³/mol. The number of halogens is 1. The number of aliphatic hydroxyl groups is 1. The number of hydrogen-bond donors (Lipinski definition) is 1. The van der Waals surface area contributed by atoms with Gasteiger partial charge < -0.3 is 5.11 Å². The summed E-state index contributed by atoms with van der Waals surface area (Å²) >= 11 is 6.20. The molecule has 2 aliphatic carbocycles. The molecule has 5 nitrogen and oxygen atoms in total. The van der Waals surface area contributed by atoms with Crippen LogP contribution in [0.3, 0.4) is 0 Å². The number of sulfonamides is 1. The molecule has 3 aliphatic rings. The van der Waals surface area contributed by atoms with Crippen LogP contribution < -0.4 is 4.31 Å². The van der Waals surface area contributed by atoms with Gasteiger partial charge >= 0.3 is 0 Å². The minimum atomic E-state index is -3.45. The van der Waals surface area contributed by atoms with E-state index in [1.807, 2.05) is 6.07 Å². The third kappa shape index (κ3) is 1.90. The Labute approximate surface area is 140 Å². The molecule has 1 N–H and O–H groups in total. The Bertz CT molecular complexity index is 832. The molecule has 1 heterocycles. The lowest BCUT2D eigenvalue weighted by molar-refractivity contribution is 0.0883. The van der Waals surface area contributed by atoms with Crippen molar-refractivity contribution in [3.63, 3.8) is 0 Å². The van der Waals surface area contributed by atoms with E-state index in [1.165, 1.54) is 4.31 Å². The third-order valence-corrected chi connectivity index (χ3v) is 8.69. The first-order chi connectivity index (χ1) is 10.9. The van der Waals surface area contributed by atoms with Gasteiger partial charge in [0.05, 0.1) is 27.6 Å². The van der Waals surface area contributed by atoms with E-state index in [1.54, 1.807) is 19.1 Å². The number of benzene rings is 1. The molecule has 5 atom stereocenters.